The van der Waals surface area contributed by atoms with E-state index < -0.39 is 0 Å². The molecule has 4 heteroatoms. The van der Waals surface area contributed by atoms with Crippen LogP contribution in [0.3, 0.4) is 0 Å². The van der Waals surface area contributed by atoms with Crippen LogP contribution in [0.25, 0.3) is 0 Å². The Bertz CT molecular complexity index is 696. The highest BCUT2D eigenvalue weighted by Gasteiger charge is 2.17. The fourth-order valence-electron chi connectivity index (χ4n) is 1.70. The number of carbonyl (C=O) groups is 1. The Hall–Kier alpha value is -2.75. The molecule has 0 fully saturated rings. The van der Waals surface area contributed by atoms with E-state index >= 15 is 0 Å². The van der Waals surface area contributed by atoms with Crippen molar-refractivity contribution < 1.29 is 4.79 Å². The van der Waals surface area contributed by atoms with E-state index in [-0.39, 0.29) is 11.2 Å². The molecule has 0 saturated carbocycles. The Kier molecular flexibility index (Phi) is 5.41. The summed E-state index contributed by atoms with van der Waals surface area (Å²) in [6.45, 7) is 5.69. The number of allylic oxidation sites excluding steroid dienone is 1. The quantitative estimate of drug-likeness (QED) is 0.574. The fraction of sp³-hybridized carbons (Fsp3) is 0.211. The van der Waals surface area contributed by atoms with Crippen LogP contribution in [0.15, 0.2) is 77.1 Å². The van der Waals surface area contributed by atoms with Crippen molar-refractivity contribution in [3.8, 4) is 0 Å². The predicted octanol–water partition coefficient (Wildman–Crippen LogP) is 5.64. The second-order valence-electron chi connectivity index (χ2n) is 6.17. The van der Waals surface area contributed by atoms with Crippen molar-refractivity contribution in [1.82, 2.24) is 0 Å². The number of rotatable bonds is 5. The molecule has 4 nitrogen and oxygen atoms in total. The van der Waals surface area contributed by atoms with Gasteiger partial charge < -0.3 is 5.32 Å². The van der Waals surface area contributed by atoms with Gasteiger partial charge in [-0.25, -0.2) is 0 Å². The molecule has 2 rings (SSSR count). The van der Waals surface area contributed by atoms with Gasteiger partial charge in [0.15, 0.2) is 5.78 Å². The van der Waals surface area contributed by atoms with Crippen molar-refractivity contribution in [2.45, 2.75) is 20.8 Å². The highest BCUT2D eigenvalue weighted by Crippen LogP contribution is 2.20. The van der Waals surface area contributed by atoms with Crippen LogP contribution in [-0.4, -0.2) is 5.78 Å². The standard InChI is InChI=1S/C19H21N3O/c1-19(2,3)18(23)13-14-20-15-9-11-17(12-10-15)22-21-16-7-5-4-6-8-16/h4-14,20H,1-3H3/b14-13+,22-21?. The molecule has 0 aliphatic rings. The summed E-state index contributed by atoms with van der Waals surface area (Å²) in [5.74, 6) is 0.0817. The zero-order valence-electron chi connectivity index (χ0n) is 13.7. The van der Waals surface area contributed by atoms with Crippen LogP contribution in [0.5, 0.6) is 0 Å². The smallest absolute Gasteiger partial charge is 0.162 e. The first-order chi connectivity index (χ1) is 10.9. The molecule has 118 valence electrons. The number of nitrogens with one attached hydrogen (secondary N) is 1. The third-order valence-corrected chi connectivity index (χ3v) is 3.13. The van der Waals surface area contributed by atoms with Crippen LogP contribution in [0, 0.1) is 5.41 Å². The van der Waals surface area contributed by atoms with E-state index in [0.717, 1.165) is 17.1 Å². The van der Waals surface area contributed by atoms with Crippen LogP contribution in [0.2, 0.25) is 0 Å². The number of ketones is 1. The van der Waals surface area contributed by atoms with E-state index in [4.69, 9.17) is 0 Å². The minimum atomic E-state index is -0.361. The zero-order valence-corrected chi connectivity index (χ0v) is 13.7. The first kappa shape index (κ1) is 16.6. The van der Waals surface area contributed by atoms with E-state index in [1.165, 1.54) is 0 Å². The molecule has 2 aromatic carbocycles. The lowest BCUT2D eigenvalue weighted by atomic mass is 9.91. The molecule has 0 aromatic heterocycles. The number of nitrogens with zero attached hydrogens (tertiary/aromatic N) is 2. The van der Waals surface area contributed by atoms with E-state index in [1.807, 2.05) is 75.4 Å². The second kappa shape index (κ2) is 7.49. The molecule has 0 atom stereocenters. The van der Waals surface area contributed by atoms with Gasteiger partial charge in [-0.15, -0.1) is 0 Å². The van der Waals surface area contributed by atoms with Crippen LogP contribution < -0.4 is 5.32 Å². The van der Waals surface area contributed by atoms with Crippen molar-refractivity contribution >= 4 is 22.8 Å². The summed E-state index contributed by atoms with van der Waals surface area (Å²) >= 11 is 0. The van der Waals surface area contributed by atoms with Crippen molar-refractivity contribution in [3.63, 3.8) is 0 Å². The molecule has 0 saturated heterocycles. The maximum absolute atomic E-state index is 11.8. The first-order valence-electron chi connectivity index (χ1n) is 7.49. The monoisotopic (exact) mass is 307 g/mol. The summed E-state index contributed by atoms with van der Waals surface area (Å²) in [6.07, 6.45) is 3.22. The van der Waals surface area contributed by atoms with E-state index in [2.05, 4.69) is 15.5 Å². The van der Waals surface area contributed by atoms with Gasteiger partial charge in [0.25, 0.3) is 0 Å². The molecule has 23 heavy (non-hydrogen) atoms. The Labute approximate surface area is 137 Å². The molecule has 0 amide bonds. The lowest BCUT2D eigenvalue weighted by Crippen LogP contribution is -2.17. The van der Waals surface area contributed by atoms with E-state index in [9.17, 15) is 4.79 Å². The lowest BCUT2D eigenvalue weighted by molar-refractivity contribution is -0.121. The van der Waals surface area contributed by atoms with Gasteiger partial charge in [0.1, 0.15) is 0 Å². The molecule has 1 N–H and O–H groups in total. The van der Waals surface area contributed by atoms with Crippen molar-refractivity contribution in [1.29, 1.82) is 0 Å². The van der Waals surface area contributed by atoms with Gasteiger partial charge in [0, 0.05) is 17.3 Å². The summed E-state index contributed by atoms with van der Waals surface area (Å²) < 4.78 is 0. The molecule has 2 aromatic rings. The maximum atomic E-state index is 11.8. The maximum Gasteiger partial charge on any atom is 0.162 e. The summed E-state index contributed by atoms with van der Waals surface area (Å²) in [5.41, 5.74) is 2.12. The van der Waals surface area contributed by atoms with Gasteiger partial charge in [-0.2, -0.15) is 10.2 Å². The number of benzene rings is 2. The number of azo groups is 1. The van der Waals surface area contributed by atoms with Crippen LogP contribution in [0.4, 0.5) is 17.1 Å². The highest BCUT2D eigenvalue weighted by molar-refractivity contribution is 5.94. The van der Waals surface area contributed by atoms with Gasteiger partial charge in [0.05, 0.1) is 11.4 Å². The number of hydrogen-bond acceptors (Lipinski definition) is 4. The molecule has 0 aliphatic heterocycles. The van der Waals surface area contributed by atoms with Crippen molar-refractivity contribution in [2.24, 2.45) is 15.6 Å². The lowest BCUT2D eigenvalue weighted by Gasteiger charge is -2.12. The minimum Gasteiger partial charge on any atom is -0.362 e. The third-order valence-electron chi connectivity index (χ3n) is 3.13. The summed E-state index contributed by atoms with van der Waals surface area (Å²) in [7, 11) is 0. The van der Waals surface area contributed by atoms with Gasteiger partial charge >= 0.3 is 0 Å². The first-order valence-corrected chi connectivity index (χ1v) is 7.49. The fourth-order valence-corrected chi connectivity index (χ4v) is 1.70. The van der Waals surface area contributed by atoms with Crippen molar-refractivity contribution in [2.75, 3.05) is 5.32 Å². The number of hydrogen-bond donors (Lipinski definition) is 1. The average molecular weight is 307 g/mol. The number of anilines is 1. The molecule has 0 heterocycles. The largest absolute Gasteiger partial charge is 0.362 e. The average Bonchev–Trinajstić information content (AvgIpc) is 2.54. The van der Waals surface area contributed by atoms with Gasteiger partial charge in [-0.05, 0) is 42.5 Å². The second-order valence-corrected chi connectivity index (χ2v) is 6.17. The molecular weight excluding hydrogens is 286 g/mol. The SMILES string of the molecule is CC(C)(C)C(=O)/C=C/Nc1ccc(N=Nc2ccccc2)cc1. The van der Waals surface area contributed by atoms with Crippen LogP contribution in [-0.2, 0) is 4.79 Å². The van der Waals surface area contributed by atoms with Crippen molar-refractivity contribution in [3.05, 3.63) is 66.9 Å². The molecule has 0 spiro atoms. The highest BCUT2D eigenvalue weighted by atomic mass is 16.1. The van der Waals surface area contributed by atoms with Gasteiger partial charge in [0.2, 0.25) is 0 Å². The van der Waals surface area contributed by atoms with Gasteiger partial charge in [-0.1, -0.05) is 39.0 Å². The van der Waals surface area contributed by atoms with Crippen LogP contribution >= 0.6 is 0 Å². The zero-order chi connectivity index (χ0) is 16.7. The van der Waals surface area contributed by atoms with E-state index in [0.29, 0.717) is 0 Å². The topological polar surface area (TPSA) is 53.8 Å². The third kappa shape index (κ3) is 5.51. The predicted molar refractivity (Wildman–Crippen MR) is 94.3 cm³/mol. The molecular formula is C19H21N3O. The summed E-state index contributed by atoms with van der Waals surface area (Å²) in [5, 5.41) is 11.4. The summed E-state index contributed by atoms with van der Waals surface area (Å²) in [4.78, 5) is 11.8. The van der Waals surface area contributed by atoms with Gasteiger partial charge in [-0.3, -0.25) is 4.79 Å². The Morgan fingerprint density at radius 3 is 2.04 bits per heavy atom. The normalized spacial score (nSPS) is 12.0. The van der Waals surface area contributed by atoms with E-state index in [1.54, 1.807) is 12.3 Å². The minimum absolute atomic E-state index is 0.0817. The summed E-state index contributed by atoms with van der Waals surface area (Å²) in [6, 6.07) is 17.1. The molecule has 0 aliphatic carbocycles. The Balaban J connectivity index is 1.94. The molecule has 0 bridgehead atoms. The molecule has 0 unspecified atom stereocenters. The Morgan fingerprint density at radius 1 is 0.913 bits per heavy atom. The Morgan fingerprint density at radius 2 is 1.48 bits per heavy atom. The molecule has 0 radical (unpaired) electrons. The van der Waals surface area contributed by atoms with Crippen LogP contribution in [0.1, 0.15) is 20.8 Å². The number of carbonyl (C=O) groups excluding carboxylic acids is 1.